The van der Waals surface area contributed by atoms with E-state index in [0.717, 1.165) is 22.2 Å². The van der Waals surface area contributed by atoms with Crippen LogP contribution in [0.5, 0.6) is 5.75 Å². The summed E-state index contributed by atoms with van der Waals surface area (Å²) in [6, 6.07) is 25.2. The van der Waals surface area contributed by atoms with Crippen LogP contribution in [-0.4, -0.2) is 28.6 Å². The molecule has 4 aromatic rings. The molecule has 1 amide bonds. The predicted octanol–water partition coefficient (Wildman–Crippen LogP) is 3.19. The van der Waals surface area contributed by atoms with Crippen LogP contribution >= 0.6 is 0 Å². The van der Waals surface area contributed by atoms with Crippen molar-refractivity contribution in [3.8, 4) is 16.9 Å². The lowest BCUT2D eigenvalue weighted by Crippen LogP contribution is -2.33. The zero-order valence-electron chi connectivity index (χ0n) is 15.8. The van der Waals surface area contributed by atoms with E-state index in [9.17, 15) is 9.59 Å². The molecule has 0 atom stereocenters. The molecule has 29 heavy (non-hydrogen) atoms. The van der Waals surface area contributed by atoms with Gasteiger partial charge in [-0.25, -0.2) is 4.79 Å². The van der Waals surface area contributed by atoms with Gasteiger partial charge in [-0.3, -0.25) is 9.36 Å². The number of hydrogen-bond donors (Lipinski definition) is 2. The smallest absolute Gasteiger partial charge is 0.326 e. The fourth-order valence-corrected chi connectivity index (χ4v) is 3.21. The molecule has 0 spiro atoms. The average molecular weight is 387 g/mol. The van der Waals surface area contributed by atoms with E-state index in [1.807, 2.05) is 78.9 Å². The van der Waals surface area contributed by atoms with Gasteiger partial charge in [0.2, 0.25) is 0 Å². The third-order valence-electron chi connectivity index (χ3n) is 4.67. The van der Waals surface area contributed by atoms with E-state index in [4.69, 9.17) is 4.74 Å². The molecule has 3 aromatic carbocycles. The first-order valence-corrected chi connectivity index (χ1v) is 9.43. The number of carbonyl (C=O) groups excluding carboxylic acids is 1. The van der Waals surface area contributed by atoms with Gasteiger partial charge in [-0.15, -0.1) is 0 Å². The normalized spacial score (nSPS) is 10.8. The number of fused-ring (bicyclic) bond motifs is 1. The summed E-state index contributed by atoms with van der Waals surface area (Å²) in [6.45, 7) is 0.657. The summed E-state index contributed by atoms with van der Waals surface area (Å²) in [5, 5.41) is 2.78. The zero-order valence-corrected chi connectivity index (χ0v) is 15.8. The van der Waals surface area contributed by atoms with Crippen LogP contribution in [0.2, 0.25) is 0 Å². The van der Waals surface area contributed by atoms with Gasteiger partial charge < -0.3 is 15.0 Å². The van der Waals surface area contributed by atoms with Gasteiger partial charge in [-0.05, 0) is 35.4 Å². The molecule has 146 valence electrons. The molecule has 1 heterocycles. The van der Waals surface area contributed by atoms with E-state index in [2.05, 4.69) is 10.3 Å². The van der Waals surface area contributed by atoms with Crippen molar-refractivity contribution in [1.82, 2.24) is 14.9 Å². The van der Waals surface area contributed by atoms with Gasteiger partial charge in [-0.1, -0.05) is 54.6 Å². The van der Waals surface area contributed by atoms with Crippen LogP contribution in [0.1, 0.15) is 0 Å². The van der Waals surface area contributed by atoms with Gasteiger partial charge in [0, 0.05) is 13.1 Å². The highest BCUT2D eigenvalue weighted by molar-refractivity contribution is 5.77. The van der Waals surface area contributed by atoms with Crippen molar-refractivity contribution in [2.45, 2.75) is 6.54 Å². The summed E-state index contributed by atoms with van der Waals surface area (Å²) in [5.41, 5.74) is 3.64. The number of amides is 1. The molecule has 2 N–H and O–H groups in total. The maximum absolute atomic E-state index is 12.1. The zero-order chi connectivity index (χ0) is 20.1. The van der Waals surface area contributed by atoms with Crippen molar-refractivity contribution in [1.29, 1.82) is 0 Å². The van der Waals surface area contributed by atoms with Crippen LogP contribution in [0.3, 0.4) is 0 Å². The van der Waals surface area contributed by atoms with E-state index in [0.29, 0.717) is 18.8 Å². The van der Waals surface area contributed by atoms with Gasteiger partial charge in [0.25, 0.3) is 5.91 Å². The number of nitrogens with one attached hydrogen (secondary N) is 2. The Morgan fingerprint density at radius 1 is 0.897 bits per heavy atom. The van der Waals surface area contributed by atoms with Crippen molar-refractivity contribution >= 4 is 16.9 Å². The van der Waals surface area contributed by atoms with Crippen LogP contribution in [0.25, 0.3) is 22.2 Å². The molecule has 0 radical (unpaired) electrons. The fraction of sp³-hybridized carbons (Fsp3) is 0.130. The topological polar surface area (TPSA) is 76.1 Å². The molecule has 0 unspecified atom stereocenters. The Kier molecular flexibility index (Phi) is 5.42. The van der Waals surface area contributed by atoms with E-state index in [1.54, 1.807) is 4.57 Å². The standard InChI is InChI=1S/C23H21N3O3/c27-22(24-14-15-26-21-9-5-4-8-20(21)25-23(26)28)16-29-19-12-10-18(11-13-19)17-6-2-1-3-7-17/h1-13H,14-16H2,(H,24,27)(H,25,28). The minimum atomic E-state index is -0.231. The van der Waals surface area contributed by atoms with E-state index in [1.165, 1.54) is 0 Å². The van der Waals surface area contributed by atoms with Crippen molar-refractivity contribution in [3.63, 3.8) is 0 Å². The molecule has 0 saturated heterocycles. The number of aromatic nitrogens is 2. The molecule has 4 rings (SSSR count). The highest BCUT2D eigenvalue weighted by Gasteiger charge is 2.07. The Bertz CT molecular complexity index is 1160. The molecular formula is C23H21N3O3. The average Bonchev–Trinajstić information content (AvgIpc) is 3.08. The highest BCUT2D eigenvalue weighted by atomic mass is 16.5. The van der Waals surface area contributed by atoms with Gasteiger partial charge in [-0.2, -0.15) is 0 Å². The van der Waals surface area contributed by atoms with Gasteiger partial charge in [0.15, 0.2) is 6.61 Å². The number of benzene rings is 3. The first-order valence-electron chi connectivity index (χ1n) is 9.43. The molecule has 0 aliphatic carbocycles. The number of aromatic amines is 1. The molecule has 6 nitrogen and oxygen atoms in total. The molecule has 0 aliphatic rings. The molecule has 0 aliphatic heterocycles. The van der Waals surface area contributed by atoms with Crippen LogP contribution in [-0.2, 0) is 11.3 Å². The lowest BCUT2D eigenvalue weighted by molar-refractivity contribution is -0.123. The van der Waals surface area contributed by atoms with Crippen LogP contribution < -0.4 is 15.7 Å². The monoisotopic (exact) mass is 387 g/mol. The number of imidazole rings is 1. The number of nitrogens with zero attached hydrogens (tertiary/aromatic N) is 1. The van der Waals surface area contributed by atoms with Gasteiger partial charge in [0.1, 0.15) is 5.75 Å². The molecule has 0 saturated carbocycles. The second-order valence-corrected chi connectivity index (χ2v) is 6.63. The minimum absolute atomic E-state index is 0.0759. The number of H-pyrrole nitrogens is 1. The fourth-order valence-electron chi connectivity index (χ4n) is 3.21. The summed E-state index contributed by atoms with van der Waals surface area (Å²) < 4.78 is 7.16. The minimum Gasteiger partial charge on any atom is -0.484 e. The number of rotatable bonds is 7. The van der Waals surface area contributed by atoms with E-state index < -0.39 is 0 Å². The number of carbonyl (C=O) groups is 1. The van der Waals surface area contributed by atoms with Crippen LogP contribution in [0.4, 0.5) is 0 Å². The van der Waals surface area contributed by atoms with Crippen molar-refractivity contribution in [2.24, 2.45) is 0 Å². The van der Waals surface area contributed by atoms with Gasteiger partial charge >= 0.3 is 5.69 Å². The largest absolute Gasteiger partial charge is 0.484 e. The predicted molar refractivity (Wildman–Crippen MR) is 113 cm³/mol. The molecular weight excluding hydrogens is 366 g/mol. The maximum Gasteiger partial charge on any atom is 0.326 e. The third-order valence-corrected chi connectivity index (χ3v) is 4.67. The number of hydrogen-bond acceptors (Lipinski definition) is 3. The Labute approximate surface area is 167 Å². The van der Waals surface area contributed by atoms with E-state index in [-0.39, 0.29) is 18.2 Å². The van der Waals surface area contributed by atoms with Crippen LogP contribution in [0.15, 0.2) is 83.7 Å². The van der Waals surface area contributed by atoms with Crippen LogP contribution in [0, 0.1) is 0 Å². The quantitative estimate of drug-likeness (QED) is 0.511. The Hall–Kier alpha value is -3.80. The van der Waals surface area contributed by atoms with Crippen molar-refractivity contribution < 1.29 is 9.53 Å². The highest BCUT2D eigenvalue weighted by Crippen LogP contribution is 2.21. The Morgan fingerprint density at radius 3 is 2.38 bits per heavy atom. The van der Waals surface area contributed by atoms with E-state index >= 15 is 0 Å². The summed E-state index contributed by atoms with van der Waals surface area (Å²) in [5.74, 6) is 0.401. The summed E-state index contributed by atoms with van der Waals surface area (Å²) in [7, 11) is 0. The molecule has 0 fully saturated rings. The second kappa shape index (κ2) is 8.48. The number of ether oxygens (including phenoxy) is 1. The summed E-state index contributed by atoms with van der Waals surface area (Å²) >= 11 is 0. The SMILES string of the molecule is O=C(COc1ccc(-c2ccccc2)cc1)NCCn1c(=O)[nH]c2ccccc21. The Balaban J connectivity index is 1.27. The third kappa shape index (κ3) is 4.38. The first kappa shape index (κ1) is 18.6. The van der Waals surface area contributed by atoms with Gasteiger partial charge in [0.05, 0.1) is 11.0 Å². The van der Waals surface area contributed by atoms with Crippen molar-refractivity contribution in [3.05, 3.63) is 89.3 Å². The molecule has 0 bridgehead atoms. The molecule has 6 heteroatoms. The maximum atomic E-state index is 12.1. The summed E-state index contributed by atoms with van der Waals surface area (Å²) in [6.07, 6.45) is 0. The summed E-state index contributed by atoms with van der Waals surface area (Å²) in [4.78, 5) is 26.9. The molecule has 1 aromatic heterocycles. The second-order valence-electron chi connectivity index (χ2n) is 6.63. The Morgan fingerprint density at radius 2 is 1.59 bits per heavy atom. The first-order chi connectivity index (χ1) is 14.2. The van der Waals surface area contributed by atoms with Crippen molar-refractivity contribution in [2.75, 3.05) is 13.2 Å². The lowest BCUT2D eigenvalue weighted by Gasteiger charge is -2.09. The number of para-hydroxylation sites is 2. The lowest BCUT2D eigenvalue weighted by atomic mass is 10.1.